The number of hydrogen-bond donors (Lipinski definition) is 2. The molecule has 0 aromatic heterocycles. The summed E-state index contributed by atoms with van der Waals surface area (Å²) < 4.78 is 0. The van der Waals surface area contributed by atoms with Gasteiger partial charge in [-0.1, -0.05) is 41.9 Å². The zero-order chi connectivity index (χ0) is 13.9. The number of allylic oxidation sites excluding steroid dienone is 1. The number of piperazine rings is 1. The van der Waals surface area contributed by atoms with E-state index < -0.39 is 0 Å². The summed E-state index contributed by atoms with van der Waals surface area (Å²) in [6.45, 7) is 0.808. The Hall–Kier alpha value is -0.700. The third-order valence-electron chi connectivity index (χ3n) is 4.47. The van der Waals surface area contributed by atoms with E-state index in [-0.39, 0.29) is 0 Å². The van der Waals surface area contributed by atoms with Crippen molar-refractivity contribution < 1.29 is 0 Å². The molecule has 1 heterocycles. The normalized spacial score (nSPS) is 32.2. The van der Waals surface area contributed by atoms with Crippen molar-refractivity contribution in [3.05, 3.63) is 46.6 Å². The Morgan fingerprint density at radius 3 is 2.70 bits per heavy atom. The van der Waals surface area contributed by atoms with Crippen LogP contribution < -0.4 is 10.6 Å². The van der Waals surface area contributed by atoms with Crippen molar-refractivity contribution in [1.29, 1.82) is 0 Å². The van der Waals surface area contributed by atoms with Crippen molar-refractivity contribution in [3.8, 4) is 0 Å². The summed E-state index contributed by atoms with van der Waals surface area (Å²) in [6, 6.07) is 11.8. The Balaban J connectivity index is 1.72. The van der Waals surface area contributed by atoms with Crippen molar-refractivity contribution >= 4 is 23.2 Å². The second-order valence-electron chi connectivity index (χ2n) is 5.68. The van der Waals surface area contributed by atoms with Gasteiger partial charge >= 0.3 is 0 Å². The smallest absolute Gasteiger partial charge is 0.0599 e. The summed E-state index contributed by atoms with van der Waals surface area (Å²) in [7, 11) is 0. The lowest BCUT2D eigenvalue weighted by atomic mass is 9.78. The lowest BCUT2D eigenvalue weighted by Gasteiger charge is -2.42. The van der Waals surface area contributed by atoms with Crippen LogP contribution in [-0.2, 0) is 0 Å². The first-order valence-electron chi connectivity index (χ1n) is 7.26. The molecule has 0 radical (unpaired) electrons. The van der Waals surface area contributed by atoms with Gasteiger partial charge in [0.15, 0.2) is 0 Å². The van der Waals surface area contributed by atoms with E-state index in [2.05, 4.69) is 41.0 Å². The van der Waals surface area contributed by atoms with Crippen molar-refractivity contribution in [3.63, 3.8) is 0 Å². The molecule has 0 bridgehead atoms. The number of benzene rings is 1. The third kappa shape index (κ3) is 2.98. The molecule has 1 aliphatic carbocycles. The van der Waals surface area contributed by atoms with Gasteiger partial charge in [-0.05, 0) is 30.7 Å². The van der Waals surface area contributed by atoms with E-state index in [1.165, 1.54) is 18.4 Å². The highest BCUT2D eigenvalue weighted by molar-refractivity contribution is 6.36. The summed E-state index contributed by atoms with van der Waals surface area (Å²) >= 11 is 12.0. The molecule has 0 amide bonds. The van der Waals surface area contributed by atoms with Gasteiger partial charge in [0.2, 0.25) is 0 Å². The Morgan fingerprint density at radius 1 is 1.15 bits per heavy atom. The van der Waals surface area contributed by atoms with Gasteiger partial charge in [0.05, 0.1) is 10.9 Å². The molecule has 0 spiro atoms. The molecule has 1 aliphatic heterocycles. The molecule has 2 N–H and O–H groups in total. The molecule has 2 nitrogen and oxygen atoms in total. The average molecular weight is 311 g/mol. The number of rotatable bonds is 2. The first kappa shape index (κ1) is 14.2. The molecule has 4 heteroatoms. The first-order chi connectivity index (χ1) is 9.78. The first-order valence-corrected chi connectivity index (χ1v) is 8.17. The van der Waals surface area contributed by atoms with Gasteiger partial charge in [0.1, 0.15) is 0 Å². The van der Waals surface area contributed by atoms with E-state index in [1.807, 2.05) is 0 Å². The molecule has 108 valence electrons. The number of nitrogens with one attached hydrogen (secondary N) is 2. The quantitative estimate of drug-likeness (QED) is 0.816. The largest absolute Gasteiger partial charge is 0.382 e. The van der Waals surface area contributed by atoms with Crippen LogP contribution in [0.5, 0.6) is 0 Å². The number of halogens is 2. The van der Waals surface area contributed by atoms with Gasteiger partial charge in [0.25, 0.3) is 0 Å². The van der Waals surface area contributed by atoms with Crippen molar-refractivity contribution in [2.24, 2.45) is 0 Å². The van der Waals surface area contributed by atoms with Crippen LogP contribution in [0.4, 0.5) is 0 Å². The Kier molecular flexibility index (Phi) is 4.54. The van der Waals surface area contributed by atoms with Crippen LogP contribution in [0.25, 0.3) is 0 Å². The molecule has 20 heavy (non-hydrogen) atoms. The predicted molar refractivity (Wildman–Crippen MR) is 85.3 cm³/mol. The van der Waals surface area contributed by atoms with Crippen LogP contribution >= 0.6 is 23.2 Å². The molecule has 2 aliphatic rings. The standard InChI is InChI=1S/C16H20Cl2N2/c17-9-13(18)16-10-19-14-7-6-12(8-15(14)20-16)11-4-2-1-3-5-11/h1-5,12,14-15,19-20H,6-10H2. The summed E-state index contributed by atoms with van der Waals surface area (Å²) in [5.41, 5.74) is 2.52. The topological polar surface area (TPSA) is 24.1 Å². The van der Waals surface area contributed by atoms with E-state index in [4.69, 9.17) is 23.2 Å². The Bertz CT molecular complexity index is 487. The van der Waals surface area contributed by atoms with Crippen molar-refractivity contribution in [2.75, 3.05) is 12.4 Å². The van der Waals surface area contributed by atoms with E-state index in [0.29, 0.717) is 23.9 Å². The highest BCUT2D eigenvalue weighted by Crippen LogP contribution is 2.34. The van der Waals surface area contributed by atoms with E-state index in [1.54, 1.807) is 0 Å². The molecule has 3 unspecified atom stereocenters. The van der Waals surface area contributed by atoms with Crippen LogP contribution in [-0.4, -0.2) is 24.5 Å². The summed E-state index contributed by atoms with van der Waals surface area (Å²) in [5, 5.41) is 7.94. The molecule has 3 atom stereocenters. The highest BCUT2D eigenvalue weighted by Gasteiger charge is 2.34. The zero-order valence-corrected chi connectivity index (χ0v) is 12.9. The number of hydrogen-bond acceptors (Lipinski definition) is 2. The van der Waals surface area contributed by atoms with Gasteiger partial charge < -0.3 is 10.6 Å². The van der Waals surface area contributed by atoms with Crippen LogP contribution in [0.1, 0.15) is 30.7 Å². The van der Waals surface area contributed by atoms with E-state index in [0.717, 1.165) is 23.7 Å². The second-order valence-corrected chi connectivity index (χ2v) is 6.40. The van der Waals surface area contributed by atoms with Crippen molar-refractivity contribution in [1.82, 2.24) is 10.6 Å². The van der Waals surface area contributed by atoms with Crippen molar-refractivity contribution in [2.45, 2.75) is 37.3 Å². The average Bonchev–Trinajstić information content (AvgIpc) is 2.54. The summed E-state index contributed by atoms with van der Waals surface area (Å²) in [4.78, 5) is 0. The monoisotopic (exact) mass is 310 g/mol. The van der Waals surface area contributed by atoms with Gasteiger partial charge in [0, 0.05) is 24.3 Å². The SMILES string of the molecule is ClCC(Cl)=C1CNC2CCC(c3ccccc3)CC2N1. The summed E-state index contributed by atoms with van der Waals surface area (Å²) in [5.74, 6) is 1.02. The minimum atomic E-state index is 0.380. The maximum atomic E-state index is 6.17. The van der Waals surface area contributed by atoms with Crippen LogP contribution in [0.2, 0.25) is 0 Å². The molecule has 1 aromatic carbocycles. The van der Waals surface area contributed by atoms with Crippen LogP contribution in [0.15, 0.2) is 41.1 Å². The fourth-order valence-corrected chi connectivity index (χ4v) is 3.65. The predicted octanol–water partition coefficient (Wildman–Crippen LogP) is 3.57. The van der Waals surface area contributed by atoms with Gasteiger partial charge in [-0.3, -0.25) is 0 Å². The molecular formula is C16H20Cl2N2. The second kappa shape index (κ2) is 6.38. The van der Waals surface area contributed by atoms with Gasteiger partial charge in [-0.15, -0.1) is 11.6 Å². The molecule has 2 fully saturated rings. The third-order valence-corrected chi connectivity index (χ3v) is 5.23. The zero-order valence-electron chi connectivity index (χ0n) is 11.4. The fourth-order valence-electron chi connectivity index (χ4n) is 3.37. The minimum absolute atomic E-state index is 0.380. The summed E-state index contributed by atoms with van der Waals surface area (Å²) in [6.07, 6.45) is 3.61. The van der Waals surface area contributed by atoms with Crippen LogP contribution in [0.3, 0.4) is 0 Å². The molecule has 3 rings (SSSR count). The molecule has 1 saturated heterocycles. The molecule has 1 saturated carbocycles. The molecular weight excluding hydrogens is 291 g/mol. The number of fused-ring (bicyclic) bond motifs is 1. The Labute approximate surface area is 130 Å². The lowest BCUT2D eigenvalue weighted by molar-refractivity contribution is 0.252. The van der Waals surface area contributed by atoms with Gasteiger partial charge in [-0.2, -0.15) is 0 Å². The fraction of sp³-hybridized carbons (Fsp3) is 0.500. The van der Waals surface area contributed by atoms with E-state index in [9.17, 15) is 0 Å². The highest BCUT2D eigenvalue weighted by atomic mass is 35.5. The maximum absolute atomic E-state index is 6.17. The number of alkyl halides is 1. The van der Waals surface area contributed by atoms with E-state index >= 15 is 0 Å². The molecule has 1 aromatic rings. The van der Waals surface area contributed by atoms with Gasteiger partial charge in [-0.25, -0.2) is 0 Å². The lowest BCUT2D eigenvalue weighted by Crippen LogP contribution is -2.57. The Morgan fingerprint density at radius 2 is 1.95 bits per heavy atom. The minimum Gasteiger partial charge on any atom is -0.382 e. The maximum Gasteiger partial charge on any atom is 0.0599 e. The van der Waals surface area contributed by atoms with Crippen LogP contribution in [0, 0.1) is 0 Å².